The van der Waals surface area contributed by atoms with Crippen LogP contribution in [0.3, 0.4) is 0 Å². The lowest BCUT2D eigenvalue weighted by atomic mass is 9.96. The van der Waals surface area contributed by atoms with Crippen molar-refractivity contribution in [1.82, 2.24) is 0 Å². The number of carbonyl (C=O) groups excluding carboxylic acids is 1. The zero-order valence-corrected chi connectivity index (χ0v) is 15.4. The Hall–Kier alpha value is -0.350. The summed E-state index contributed by atoms with van der Waals surface area (Å²) in [5.74, 6) is -0.0913. The fourth-order valence-electron chi connectivity index (χ4n) is 1.91. The van der Waals surface area contributed by atoms with Gasteiger partial charge in [0.25, 0.3) is 0 Å². The maximum atomic E-state index is 12.7. The third-order valence-electron chi connectivity index (χ3n) is 3.11. The summed E-state index contributed by atoms with van der Waals surface area (Å²) in [5, 5.41) is 1.11. The highest BCUT2D eigenvalue weighted by Gasteiger charge is 2.18. The van der Waals surface area contributed by atoms with Gasteiger partial charge >= 0.3 is 0 Å². The first kappa shape index (κ1) is 16.0. The molecule has 0 aromatic heterocycles. The van der Waals surface area contributed by atoms with Crippen molar-refractivity contribution in [3.05, 3.63) is 65.5 Å². The van der Waals surface area contributed by atoms with Crippen molar-refractivity contribution in [1.29, 1.82) is 0 Å². The molecule has 0 saturated carbocycles. The van der Waals surface area contributed by atoms with Gasteiger partial charge in [0.1, 0.15) is 0 Å². The van der Waals surface area contributed by atoms with Crippen LogP contribution in [0.25, 0.3) is 0 Å². The van der Waals surface area contributed by atoms with E-state index in [1.54, 1.807) is 24.3 Å². The average Bonchev–Trinajstić information content (AvgIpc) is 2.37. The molecule has 0 aliphatic carbocycles. The number of hydrogen-bond acceptors (Lipinski definition) is 1. The normalized spacial score (nSPS) is 10.7. The molecule has 104 valence electrons. The van der Waals surface area contributed by atoms with Crippen LogP contribution in [0.4, 0.5) is 0 Å². The fraction of sp³-hybridized carbons (Fsp3) is 0.133. The van der Waals surface area contributed by atoms with Gasteiger partial charge < -0.3 is 0 Å². The van der Waals surface area contributed by atoms with Crippen molar-refractivity contribution in [2.75, 3.05) is 0 Å². The molecular weight excluding hydrogens is 427 g/mol. The van der Waals surface area contributed by atoms with Crippen LogP contribution < -0.4 is 0 Å². The van der Waals surface area contributed by atoms with Gasteiger partial charge in [0.15, 0.2) is 5.78 Å². The molecule has 0 spiro atoms. The maximum absolute atomic E-state index is 12.7. The van der Waals surface area contributed by atoms with Crippen LogP contribution in [0, 0.1) is 13.8 Å². The quantitative estimate of drug-likeness (QED) is 0.500. The zero-order chi connectivity index (χ0) is 15.0. The van der Waals surface area contributed by atoms with E-state index in [0.29, 0.717) is 21.2 Å². The summed E-state index contributed by atoms with van der Waals surface area (Å²) in [4.78, 5) is 12.7. The fourth-order valence-corrected chi connectivity index (χ4v) is 3.53. The highest BCUT2D eigenvalue weighted by atomic mass is 79.9. The molecule has 0 aliphatic heterocycles. The molecule has 5 heteroatoms. The highest BCUT2D eigenvalue weighted by Crippen LogP contribution is 2.30. The van der Waals surface area contributed by atoms with Gasteiger partial charge in [0, 0.05) is 30.1 Å². The number of ketones is 1. The smallest absolute Gasteiger partial charge is 0.193 e. The molecule has 0 unspecified atom stereocenters. The topological polar surface area (TPSA) is 17.1 Å². The van der Waals surface area contributed by atoms with Crippen molar-refractivity contribution >= 4 is 60.8 Å². The molecule has 2 aromatic carbocycles. The zero-order valence-electron chi connectivity index (χ0n) is 10.7. The standard InChI is InChI=1S/C15H10Br2Cl2O/c1-7-11(3-9(16)5-13(7)18)15(20)12-4-10(17)6-14(19)8(12)2/h3-6H,1-2H3. The van der Waals surface area contributed by atoms with E-state index in [1.165, 1.54) is 0 Å². The summed E-state index contributed by atoms with van der Waals surface area (Å²) in [6.07, 6.45) is 0. The molecule has 2 aromatic rings. The second-order valence-corrected chi connectivity index (χ2v) is 7.10. The first-order chi connectivity index (χ1) is 9.31. The molecule has 0 fully saturated rings. The summed E-state index contributed by atoms with van der Waals surface area (Å²) < 4.78 is 1.55. The molecule has 20 heavy (non-hydrogen) atoms. The van der Waals surface area contributed by atoms with E-state index in [-0.39, 0.29) is 5.78 Å². The third kappa shape index (κ3) is 3.11. The van der Waals surface area contributed by atoms with E-state index < -0.39 is 0 Å². The number of carbonyl (C=O) groups is 1. The summed E-state index contributed by atoms with van der Waals surface area (Å²) in [6.45, 7) is 3.66. The lowest BCUT2D eigenvalue weighted by Gasteiger charge is -2.11. The molecule has 0 atom stereocenters. The summed E-state index contributed by atoms with van der Waals surface area (Å²) in [6, 6.07) is 7.10. The first-order valence-corrected chi connectivity index (χ1v) is 8.11. The van der Waals surface area contributed by atoms with Crippen LogP contribution in [0.15, 0.2) is 33.2 Å². The van der Waals surface area contributed by atoms with Crippen molar-refractivity contribution in [3.8, 4) is 0 Å². The predicted molar refractivity (Wildman–Crippen MR) is 91.2 cm³/mol. The van der Waals surface area contributed by atoms with Crippen LogP contribution in [0.5, 0.6) is 0 Å². The minimum atomic E-state index is -0.0913. The van der Waals surface area contributed by atoms with Crippen LogP contribution in [-0.4, -0.2) is 5.78 Å². The Labute approximate surface area is 144 Å². The Balaban J connectivity index is 2.64. The second kappa shape index (κ2) is 6.18. The van der Waals surface area contributed by atoms with E-state index in [9.17, 15) is 4.79 Å². The summed E-state index contributed by atoms with van der Waals surface area (Å²) in [7, 11) is 0. The summed E-state index contributed by atoms with van der Waals surface area (Å²) in [5.41, 5.74) is 2.66. The predicted octanol–water partition coefficient (Wildman–Crippen LogP) is 6.37. The molecule has 0 saturated heterocycles. The third-order valence-corrected chi connectivity index (χ3v) is 4.81. The van der Waals surface area contributed by atoms with Crippen molar-refractivity contribution in [3.63, 3.8) is 0 Å². The highest BCUT2D eigenvalue weighted by molar-refractivity contribution is 9.10. The lowest BCUT2D eigenvalue weighted by Crippen LogP contribution is -2.07. The average molecular weight is 437 g/mol. The van der Waals surface area contributed by atoms with Gasteiger partial charge in [-0.3, -0.25) is 4.79 Å². The number of benzene rings is 2. The minimum absolute atomic E-state index is 0.0913. The van der Waals surface area contributed by atoms with E-state index in [0.717, 1.165) is 20.1 Å². The van der Waals surface area contributed by atoms with Crippen LogP contribution in [-0.2, 0) is 0 Å². The molecule has 0 amide bonds. The monoisotopic (exact) mass is 434 g/mol. The molecule has 0 bridgehead atoms. The molecule has 0 radical (unpaired) electrons. The first-order valence-electron chi connectivity index (χ1n) is 5.77. The van der Waals surface area contributed by atoms with Crippen molar-refractivity contribution in [2.45, 2.75) is 13.8 Å². The van der Waals surface area contributed by atoms with Crippen LogP contribution >= 0.6 is 55.1 Å². The Bertz CT molecular complexity index is 652. The summed E-state index contributed by atoms with van der Waals surface area (Å²) >= 11 is 19.0. The van der Waals surface area contributed by atoms with Gasteiger partial charge in [0.2, 0.25) is 0 Å². The Kier molecular flexibility index (Phi) is 4.96. The van der Waals surface area contributed by atoms with Gasteiger partial charge in [-0.25, -0.2) is 0 Å². The second-order valence-electron chi connectivity index (χ2n) is 4.45. The van der Waals surface area contributed by atoms with E-state index >= 15 is 0 Å². The van der Waals surface area contributed by atoms with Gasteiger partial charge in [-0.15, -0.1) is 0 Å². The van der Waals surface area contributed by atoms with Crippen molar-refractivity contribution in [2.24, 2.45) is 0 Å². The molecule has 0 N–H and O–H groups in total. The number of hydrogen-bond donors (Lipinski definition) is 0. The Morgan fingerprint density at radius 1 is 0.850 bits per heavy atom. The van der Waals surface area contributed by atoms with Gasteiger partial charge in [-0.05, 0) is 49.2 Å². The van der Waals surface area contributed by atoms with E-state index in [4.69, 9.17) is 23.2 Å². The van der Waals surface area contributed by atoms with Gasteiger partial charge in [0.05, 0.1) is 0 Å². The van der Waals surface area contributed by atoms with E-state index in [2.05, 4.69) is 31.9 Å². The minimum Gasteiger partial charge on any atom is -0.289 e. The van der Waals surface area contributed by atoms with Gasteiger partial charge in [-0.1, -0.05) is 55.1 Å². The van der Waals surface area contributed by atoms with Crippen molar-refractivity contribution < 1.29 is 4.79 Å². The molecule has 0 heterocycles. The van der Waals surface area contributed by atoms with Gasteiger partial charge in [-0.2, -0.15) is 0 Å². The molecule has 1 nitrogen and oxygen atoms in total. The number of halogens is 4. The van der Waals surface area contributed by atoms with Crippen LogP contribution in [0.2, 0.25) is 10.0 Å². The molecule has 0 aliphatic rings. The van der Waals surface area contributed by atoms with E-state index in [1.807, 2.05) is 13.8 Å². The van der Waals surface area contributed by atoms with Crippen LogP contribution in [0.1, 0.15) is 27.0 Å². The Morgan fingerprint density at radius 2 is 1.20 bits per heavy atom. The molecule has 2 rings (SSSR count). The SMILES string of the molecule is Cc1c(Cl)cc(Br)cc1C(=O)c1cc(Br)cc(Cl)c1C. The largest absolute Gasteiger partial charge is 0.289 e. The Morgan fingerprint density at radius 3 is 1.55 bits per heavy atom. The molecular formula is C15H10Br2Cl2O. The number of rotatable bonds is 2. The maximum Gasteiger partial charge on any atom is 0.193 e. The lowest BCUT2D eigenvalue weighted by molar-refractivity contribution is 0.103.